The number of nitriles is 2. The smallest absolute Gasteiger partial charge is 0.230 e. The van der Waals surface area contributed by atoms with E-state index in [9.17, 15) is 10.1 Å². The van der Waals surface area contributed by atoms with E-state index in [1.54, 1.807) is 6.92 Å². The fourth-order valence-electron chi connectivity index (χ4n) is 2.32. The second kappa shape index (κ2) is 8.18. The molecule has 7 heteroatoms. The van der Waals surface area contributed by atoms with Gasteiger partial charge in [0.1, 0.15) is 23.0 Å². The van der Waals surface area contributed by atoms with E-state index in [4.69, 9.17) is 11.0 Å². The van der Waals surface area contributed by atoms with Crippen molar-refractivity contribution < 1.29 is 4.79 Å². The van der Waals surface area contributed by atoms with Crippen LogP contribution in [0.3, 0.4) is 0 Å². The van der Waals surface area contributed by atoms with Gasteiger partial charge in [0.25, 0.3) is 0 Å². The molecule has 0 bridgehead atoms. The lowest BCUT2D eigenvalue weighted by Gasteiger charge is -2.14. The van der Waals surface area contributed by atoms with Gasteiger partial charge in [-0.25, -0.2) is 4.98 Å². The number of thioether (sulfide) groups is 1. The van der Waals surface area contributed by atoms with Gasteiger partial charge in [-0.2, -0.15) is 10.5 Å². The number of anilines is 1. The Balaban J connectivity index is 2.08. The molecule has 0 saturated heterocycles. The molecule has 0 fully saturated rings. The number of nitrogens with zero attached hydrogens (tertiary/aromatic N) is 3. The molecule has 3 N–H and O–H groups in total. The maximum Gasteiger partial charge on any atom is 0.230 e. The molecule has 0 aliphatic heterocycles. The Hall–Kier alpha value is -3.03. The highest BCUT2D eigenvalue weighted by molar-refractivity contribution is 8.00. The van der Waals surface area contributed by atoms with Crippen molar-refractivity contribution in [1.29, 1.82) is 10.5 Å². The van der Waals surface area contributed by atoms with Crippen molar-refractivity contribution in [1.82, 2.24) is 10.3 Å². The minimum Gasteiger partial charge on any atom is -0.383 e. The van der Waals surface area contributed by atoms with Crippen molar-refractivity contribution in [3.05, 3.63) is 52.6 Å². The van der Waals surface area contributed by atoms with Gasteiger partial charge >= 0.3 is 0 Å². The van der Waals surface area contributed by atoms with Crippen LogP contribution in [0.25, 0.3) is 0 Å². The molecule has 1 heterocycles. The fourth-order valence-corrected chi connectivity index (χ4v) is 3.18. The summed E-state index contributed by atoms with van der Waals surface area (Å²) < 4.78 is 0. The Labute approximate surface area is 150 Å². The molecule has 126 valence electrons. The van der Waals surface area contributed by atoms with Gasteiger partial charge in [-0.3, -0.25) is 4.79 Å². The van der Waals surface area contributed by atoms with E-state index in [0.29, 0.717) is 10.6 Å². The number of hydrogen-bond donors (Lipinski definition) is 2. The first kappa shape index (κ1) is 18.3. The van der Waals surface area contributed by atoms with Crippen LogP contribution in [-0.2, 0) is 4.79 Å². The third kappa shape index (κ3) is 4.28. The predicted molar refractivity (Wildman–Crippen MR) is 96.5 cm³/mol. The molecular formula is C18H17N5OS. The number of carbonyl (C=O) groups excluding carboxylic acids is 1. The first-order chi connectivity index (χ1) is 12.0. The topological polar surface area (TPSA) is 116 Å². The zero-order valence-corrected chi connectivity index (χ0v) is 14.7. The number of nitrogens with one attached hydrogen (secondary N) is 1. The van der Waals surface area contributed by atoms with Crippen molar-refractivity contribution in [2.24, 2.45) is 0 Å². The van der Waals surface area contributed by atoms with E-state index in [1.165, 1.54) is 0 Å². The second-order valence-corrected chi connectivity index (χ2v) is 6.35. The van der Waals surface area contributed by atoms with E-state index >= 15 is 0 Å². The molecule has 0 saturated carbocycles. The van der Waals surface area contributed by atoms with Crippen LogP contribution >= 0.6 is 11.8 Å². The quantitative estimate of drug-likeness (QED) is 0.800. The Morgan fingerprint density at radius 3 is 2.52 bits per heavy atom. The van der Waals surface area contributed by atoms with Crippen LogP contribution in [0.15, 0.2) is 35.4 Å². The Morgan fingerprint density at radius 1 is 1.28 bits per heavy atom. The molecule has 0 spiro atoms. The molecule has 25 heavy (non-hydrogen) atoms. The van der Waals surface area contributed by atoms with Gasteiger partial charge in [-0.1, -0.05) is 42.1 Å². The summed E-state index contributed by atoms with van der Waals surface area (Å²) in [7, 11) is 0. The third-order valence-corrected chi connectivity index (χ3v) is 4.66. The molecule has 0 aliphatic carbocycles. The summed E-state index contributed by atoms with van der Waals surface area (Å²) in [5.74, 6) is -0.00363. The lowest BCUT2D eigenvalue weighted by Crippen LogP contribution is -2.28. The van der Waals surface area contributed by atoms with Crippen molar-refractivity contribution in [3.8, 4) is 12.1 Å². The average molecular weight is 351 g/mol. The maximum absolute atomic E-state index is 12.2. The minimum atomic E-state index is -0.173. The number of hydrogen-bond acceptors (Lipinski definition) is 6. The SMILES string of the molecule is Cc1c(C#N)c(N)nc(SCC(=O)NC(C)c2ccccc2)c1C#N. The molecule has 1 atom stereocenters. The highest BCUT2D eigenvalue weighted by Crippen LogP contribution is 2.27. The monoisotopic (exact) mass is 351 g/mol. The Bertz CT molecular complexity index is 868. The standard InChI is InChI=1S/C18H17N5OS/c1-11-14(8-19)17(21)23-18(15(11)9-20)25-10-16(24)22-12(2)13-6-4-3-5-7-13/h3-7,12H,10H2,1-2H3,(H2,21,23)(H,22,24). The summed E-state index contributed by atoms with van der Waals surface area (Å²) >= 11 is 1.13. The molecule has 1 amide bonds. The van der Waals surface area contributed by atoms with Crippen LogP contribution in [0.2, 0.25) is 0 Å². The molecule has 1 aromatic heterocycles. The third-order valence-electron chi connectivity index (χ3n) is 3.68. The average Bonchev–Trinajstić information content (AvgIpc) is 2.61. The fraction of sp³-hybridized carbons (Fsp3) is 0.222. The van der Waals surface area contributed by atoms with Crippen LogP contribution in [0, 0.1) is 29.6 Å². The minimum absolute atomic E-state index is 0.0690. The largest absolute Gasteiger partial charge is 0.383 e. The number of rotatable bonds is 5. The highest BCUT2D eigenvalue weighted by Gasteiger charge is 2.17. The predicted octanol–water partition coefficient (Wildman–Crippen LogP) is 2.69. The molecule has 0 aliphatic rings. The van der Waals surface area contributed by atoms with E-state index in [1.807, 2.05) is 49.4 Å². The first-order valence-corrected chi connectivity index (χ1v) is 8.53. The van der Waals surface area contributed by atoms with Gasteiger partial charge in [0, 0.05) is 0 Å². The van der Waals surface area contributed by atoms with E-state index in [-0.39, 0.29) is 34.6 Å². The molecule has 0 radical (unpaired) electrons. The summed E-state index contributed by atoms with van der Waals surface area (Å²) in [5, 5.41) is 21.7. The second-order valence-electron chi connectivity index (χ2n) is 5.39. The molecule has 1 unspecified atom stereocenters. The summed E-state index contributed by atoms with van der Waals surface area (Å²) in [6, 6.07) is 13.5. The van der Waals surface area contributed by atoms with Crippen molar-refractivity contribution in [3.63, 3.8) is 0 Å². The number of amides is 1. The van der Waals surface area contributed by atoms with Crippen LogP contribution < -0.4 is 11.1 Å². The van der Waals surface area contributed by atoms with Crippen LogP contribution in [-0.4, -0.2) is 16.6 Å². The zero-order chi connectivity index (χ0) is 18.4. The number of pyridine rings is 1. The first-order valence-electron chi connectivity index (χ1n) is 7.55. The van der Waals surface area contributed by atoms with Crippen molar-refractivity contribution in [2.75, 3.05) is 11.5 Å². The van der Waals surface area contributed by atoms with Crippen LogP contribution in [0.1, 0.15) is 35.2 Å². The van der Waals surface area contributed by atoms with Gasteiger partial charge < -0.3 is 11.1 Å². The highest BCUT2D eigenvalue weighted by atomic mass is 32.2. The number of carbonyl (C=O) groups is 1. The van der Waals surface area contributed by atoms with Crippen LogP contribution in [0.5, 0.6) is 0 Å². The molecule has 6 nitrogen and oxygen atoms in total. The van der Waals surface area contributed by atoms with Crippen molar-refractivity contribution >= 4 is 23.5 Å². The van der Waals surface area contributed by atoms with Crippen molar-refractivity contribution in [2.45, 2.75) is 24.9 Å². The Morgan fingerprint density at radius 2 is 1.92 bits per heavy atom. The van der Waals surface area contributed by atoms with Gasteiger partial charge in [-0.15, -0.1) is 0 Å². The molecular weight excluding hydrogens is 334 g/mol. The Kier molecular flexibility index (Phi) is 5.99. The summed E-state index contributed by atoms with van der Waals surface area (Å²) in [6.07, 6.45) is 0. The number of aromatic nitrogens is 1. The van der Waals surface area contributed by atoms with Gasteiger partial charge in [0.15, 0.2) is 0 Å². The molecule has 1 aromatic carbocycles. The summed E-state index contributed by atoms with van der Waals surface area (Å²) in [5.41, 5.74) is 7.73. The lowest BCUT2D eigenvalue weighted by atomic mass is 10.1. The van der Waals surface area contributed by atoms with E-state index < -0.39 is 0 Å². The van der Waals surface area contributed by atoms with Gasteiger partial charge in [0.05, 0.1) is 22.9 Å². The van der Waals surface area contributed by atoms with E-state index in [2.05, 4.69) is 10.3 Å². The van der Waals surface area contributed by atoms with E-state index in [0.717, 1.165) is 17.3 Å². The maximum atomic E-state index is 12.2. The zero-order valence-electron chi connectivity index (χ0n) is 13.9. The van der Waals surface area contributed by atoms with Gasteiger partial charge in [0.2, 0.25) is 5.91 Å². The number of nitrogen functional groups attached to an aromatic ring is 1. The van der Waals surface area contributed by atoms with Gasteiger partial charge in [-0.05, 0) is 25.0 Å². The number of benzene rings is 1. The number of nitrogens with two attached hydrogens (primary N) is 1. The molecule has 2 rings (SSSR count). The molecule has 2 aromatic rings. The summed E-state index contributed by atoms with van der Waals surface area (Å²) in [6.45, 7) is 3.55. The van der Waals surface area contributed by atoms with Crippen LogP contribution in [0.4, 0.5) is 5.82 Å². The summed E-state index contributed by atoms with van der Waals surface area (Å²) in [4.78, 5) is 16.3. The lowest BCUT2D eigenvalue weighted by molar-refractivity contribution is -0.119. The normalized spacial score (nSPS) is 11.2.